The molecule has 1 atom stereocenters. The molecule has 0 aromatic carbocycles. The molecule has 1 aliphatic heterocycles. The molecule has 0 radical (unpaired) electrons. The molecule has 0 aromatic rings. The normalized spacial score (nSPS) is 29.1. The fourth-order valence-corrected chi connectivity index (χ4v) is 2.74. The zero-order chi connectivity index (χ0) is 10.2. The van der Waals surface area contributed by atoms with E-state index in [2.05, 4.69) is 18.7 Å². The van der Waals surface area contributed by atoms with E-state index in [4.69, 9.17) is 10.5 Å². The minimum Gasteiger partial charge on any atom is -0.379 e. The van der Waals surface area contributed by atoms with Crippen molar-refractivity contribution >= 4 is 0 Å². The van der Waals surface area contributed by atoms with Crippen molar-refractivity contribution in [3.8, 4) is 0 Å². The van der Waals surface area contributed by atoms with E-state index in [1.165, 1.54) is 12.8 Å². The van der Waals surface area contributed by atoms with Gasteiger partial charge in [-0.1, -0.05) is 13.8 Å². The Labute approximate surface area is 86.6 Å². The van der Waals surface area contributed by atoms with Gasteiger partial charge in [0, 0.05) is 24.7 Å². The minimum atomic E-state index is 0.117. The van der Waals surface area contributed by atoms with Crippen LogP contribution in [-0.2, 0) is 4.74 Å². The smallest absolute Gasteiger partial charge is 0.0594 e. The van der Waals surface area contributed by atoms with Gasteiger partial charge in [-0.05, 0) is 18.8 Å². The van der Waals surface area contributed by atoms with Crippen LogP contribution in [0.1, 0.15) is 26.7 Å². The van der Waals surface area contributed by atoms with Crippen LogP contribution in [-0.4, -0.2) is 42.8 Å². The van der Waals surface area contributed by atoms with Crippen LogP contribution in [0.3, 0.4) is 0 Å². The van der Waals surface area contributed by atoms with E-state index in [0.29, 0.717) is 12.0 Å². The maximum absolute atomic E-state index is 6.34. The fourth-order valence-electron chi connectivity index (χ4n) is 2.74. The average molecular weight is 198 g/mol. The van der Waals surface area contributed by atoms with Crippen LogP contribution in [0.25, 0.3) is 0 Å². The Morgan fingerprint density at radius 2 is 1.79 bits per heavy atom. The van der Waals surface area contributed by atoms with Gasteiger partial charge in [0.1, 0.15) is 0 Å². The van der Waals surface area contributed by atoms with Crippen LogP contribution in [0.15, 0.2) is 0 Å². The molecule has 14 heavy (non-hydrogen) atoms. The van der Waals surface area contributed by atoms with E-state index in [-0.39, 0.29) is 5.54 Å². The summed E-state index contributed by atoms with van der Waals surface area (Å²) in [5.74, 6) is 0.653. The molecule has 1 heterocycles. The third-order valence-corrected chi connectivity index (χ3v) is 3.49. The topological polar surface area (TPSA) is 38.5 Å². The summed E-state index contributed by atoms with van der Waals surface area (Å²) in [6, 6.07) is 0.561. The van der Waals surface area contributed by atoms with E-state index in [9.17, 15) is 0 Å². The molecule has 0 amide bonds. The lowest BCUT2D eigenvalue weighted by atomic mass is 9.93. The first kappa shape index (κ1) is 10.4. The summed E-state index contributed by atoms with van der Waals surface area (Å²) in [7, 11) is 0. The molecule has 1 aliphatic carbocycles. The lowest BCUT2D eigenvalue weighted by Crippen LogP contribution is -2.55. The monoisotopic (exact) mass is 198 g/mol. The van der Waals surface area contributed by atoms with Gasteiger partial charge in [-0.15, -0.1) is 0 Å². The Morgan fingerprint density at radius 1 is 1.21 bits per heavy atom. The van der Waals surface area contributed by atoms with Crippen LogP contribution in [0.4, 0.5) is 0 Å². The molecular weight excluding hydrogens is 176 g/mol. The second kappa shape index (κ2) is 3.80. The molecule has 82 valence electrons. The summed E-state index contributed by atoms with van der Waals surface area (Å²) in [6.07, 6.45) is 2.40. The zero-order valence-corrected chi connectivity index (χ0v) is 9.33. The lowest BCUT2D eigenvalue weighted by molar-refractivity contribution is -0.00318. The molecule has 0 spiro atoms. The molecule has 3 nitrogen and oxygen atoms in total. The first-order chi connectivity index (χ1) is 6.63. The highest BCUT2D eigenvalue weighted by Gasteiger charge is 2.49. The first-order valence-electron chi connectivity index (χ1n) is 5.74. The molecule has 0 aromatic heterocycles. The molecule has 3 heteroatoms. The number of nitrogens with zero attached hydrogens (tertiary/aromatic N) is 1. The third kappa shape index (κ3) is 1.95. The minimum absolute atomic E-state index is 0.117. The van der Waals surface area contributed by atoms with Gasteiger partial charge in [0.25, 0.3) is 0 Å². The SMILES string of the molecule is CC(C)C(N1CCOCC1)C1(N)CC1. The Hall–Kier alpha value is -0.120. The molecule has 2 fully saturated rings. The van der Waals surface area contributed by atoms with E-state index in [0.717, 1.165) is 26.3 Å². The summed E-state index contributed by atoms with van der Waals surface area (Å²) in [5.41, 5.74) is 6.46. The van der Waals surface area contributed by atoms with E-state index in [1.54, 1.807) is 0 Å². The van der Waals surface area contributed by atoms with Crippen molar-refractivity contribution in [2.24, 2.45) is 11.7 Å². The maximum atomic E-state index is 6.34. The van der Waals surface area contributed by atoms with Gasteiger partial charge in [-0.2, -0.15) is 0 Å². The number of ether oxygens (including phenoxy) is 1. The van der Waals surface area contributed by atoms with Gasteiger partial charge < -0.3 is 10.5 Å². The molecule has 1 saturated heterocycles. The van der Waals surface area contributed by atoms with Crippen molar-refractivity contribution in [3.05, 3.63) is 0 Å². The van der Waals surface area contributed by atoms with Gasteiger partial charge in [0.15, 0.2) is 0 Å². The van der Waals surface area contributed by atoms with Crippen molar-refractivity contribution in [3.63, 3.8) is 0 Å². The van der Waals surface area contributed by atoms with Gasteiger partial charge in [0.2, 0.25) is 0 Å². The summed E-state index contributed by atoms with van der Waals surface area (Å²) >= 11 is 0. The predicted molar refractivity (Wildman–Crippen MR) is 57.2 cm³/mol. The van der Waals surface area contributed by atoms with Gasteiger partial charge >= 0.3 is 0 Å². The van der Waals surface area contributed by atoms with E-state index in [1.807, 2.05) is 0 Å². The van der Waals surface area contributed by atoms with E-state index < -0.39 is 0 Å². The highest BCUT2D eigenvalue weighted by atomic mass is 16.5. The standard InChI is InChI=1S/C11H22N2O/c1-9(2)10(11(12)3-4-11)13-5-7-14-8-6-13/h9-10H,3-8,12H2,1-2H3. The molecule has 1 unspecified atom stereocenters. The van der Waals surface area contributed by atoms with Crippen LogP contribution in [0, 0.1) is 5.92 Å². The molecule has 2 N–H and O–H groups in total. The number of nitrogens with two attached hydrogens (primary N) is 1. The number of morpholine rings is 1. The van der Waals surface area contributed by atoms with Crippen LogP contribution in [0.5, 0.6) is 0 Å². The number of hydrogen-bond donors (Lipinski definition) is 1. The largest absolute Gasteiger partial charge is 0.379 e. The fraction of sp³-hybridized carbons (Fsp3) is 1.00. The lowest BCUT2D eigenvalue weighted by Gasteiger charge is -2.40. The molecule has 2 aliphatic rings. The van der Waals surface area contributed by atoms with Gasteiger partial charge in [-0.3, -0.25) is 4.90 Å². The Bertz CT molecular complexity index is 195. The first-order valence-corrected chi connectivity index (χ1v) is 5.74. The number of hydrogen-bond acceptors (Lipinski definition) is 3. The van der Waals surface area contributed by atoms with Crippen molar-refractivity contribution < 1.29 is 4.74 Å². The summed E-state index contributed by atoms with van der Waals surface area (Å²) in [4.78, 5) is 2.53. The second-order valence-electron chi connectivity index (χ2n) is 5.07. The Kier molecular flexibility index (Phi) is 2.82. The van der Waals surface area contributed by atoms with Crippen molar-refractivity contribution in [1.29, 1.82) is 0 Å². The van der Waals surface area contributed by atoms with Crippen LogP contribution >= 0.6 is 0 Å². The van der Waals surface area contributed by atoms with Crippen LogP contribution in [0.2, 0.25) is 0 Å². The second-order valence-corrected chi connectivity index (χ2v) is 5.07. The zero-order valence-electron chi connectivity index (χ0n) is 9.33. The Balaban J connectivity index is 2.02. The molecule has 0 bridgehead atoms. The van der Waals surface area contributed by atoms with Gasteiger partial charge in [-0.25, -0.2) is 0 Å². The molecule has 1 saturated carbocycles. The molecular formula is C11H22N2O. The summed E-state index contributed by atoms with van der Waals surface area (Å²) in [5, 5.41) is 0. The molecule has 2 rings (SSSR count). The highest BCUT2D eigenvalue weighted by molar-refractivity contribution is 5.09. The Morgan fingerprint density at radius 3 is 2.21 bits per heavy atom. The third-order valence-electron chi connectivity index (χ3n) is 3.49. The highest BCUT2D eigenvalue weighted by Crippen LogP contribution is 2.41. The predicted octanol–water partition coefficient (Wildman–Crippen LogP) is 0.834. The average Bonchev–Trinajstić information content (AvgIpc) is 2.85. The van der Waals surface area contributed by atoms with Gasteiger partial charge in [0.05, 0.1) is 13.2 Å². The number of rotatable bonds is 3. The summed E-state index contributed by atoms with van der Waals surface area (Å²) < 4.78 is 5.38. The van der Waals surface area contributed by atoms with E-state index >= 15 is 0 Å². The van der Waals surface area contributed by atoms with Crippen molar-refractivity contribution in [1.82, 2.24) is 4.90 Å². The summed E-state index contributed by atoms with van der Waals surface area (Å²) in [6.45, 7) is 8.43. The van der Waals surface area contributed by atoms with Crippen molar-refractivity contribution in [2.45, 2.75) is 38.3 Å². The quantitative estimate of drug-likeness (QED) is 0.730. The maximum Gasteiger partial charge on any atom is 0.0594 e. The van der Waals surface area contributed by atoms with Crippen LogP contribution < -0.4 is 5.73 Å². The van der Waals surface area contributed by atoms with Crippen molar-refractivity contribution in [2.75, 3.05) is 26.3 Å².